The highest BCUT2D eigenvalue weighted by Gasteiger charge is 2.32. The van der Waals surface area contributed by atoms with Crippen LogP contribution in [-0.2, 0) is 4.79 Å². The van der Waals surface area contributed by atoms with Gasteiger partial charge in [-0.05, 0) is 46.2 Å². The van der Waals surface area contributed by atoms with Crippen LogP contribution in [0.5, 0.6) is 0 Å². The molecule has 2 rings (SSSR count). The Morgan fingerprint density at radius 3 is 2.76 bits per heavy atom. The highest BCUT2D eigenvalue weighted by molar-refractivity contribution is 5.78. The number of amides is 1. The SMILES string of the molecule is CCN(C(=O)CN1CCCC(NC)C1)C1CC1. The monoisotopic (exact) mass is 239 g/mol. The summed E-state index contributed by atoms with van der Waals surface area (Å²) in [7, 11) is 2.01. The van der Waals surface area contributed by atoms with E-state index in [2.05, 4.69) is 22.0 Å². The minimum atomic E-state index is 0.326. The molecule has 4 nitrogen and oxygen atoms in total. The van der Waals surface area contributed by atoms with Crippen molar-refractivity contribution in [3.05, 3.63) is 0 Å². The van der Waals surface area contributed by atoms with E-state index in [-0.39, 0.29) is 0 Å². The average Bonchev–Trinajstić information content (AvgIpc) is 3.15. The first-order valence-corrected chi connectivity index (χ1v) is 6.93. The van der Waals surface area contributed by atoms with Crippen molar-refractivity contribution < 1.29 is 4.79 Å². The van der Waals surface area contributed by atoms with Gasteiger partial charge in [-0.2, -0.15) is 0 Å². The predicted molar refractivity (Wildman–Crippen MR) is 68.9 cm³/mol. The normalized spacial score (nSPS) is 25.9. The van der Waals surface area contributed by atoms with Crippen molar-refractivity contribution in [1.29, 1.82) is 0 Å². The van der Waals surface area contributed by atoms with Gasteiger partial charge in [-0.25, -0.2) is 0 Å². The Balaban J connectivity index is 1.80. The average molecular weight is 239 g/mol. The predicted octanol–water partition coefficient (Wildman–Crippen LogP) is 0.681. The lowest BCUT2D eigenvalue weighted by Crippen LogP contribution is -2.49. The number of piperidine rings is 1. The largest absolute Gasteiger partial charge is 0.339 e. The Hall–Kier alpha value is -0.610. The van der Waals surface area contributed by atoms with E-state index in [1.54, 1.807) is 0 Å². The van der Waals surface area contributed by atoms with E-state index >= 15 is 0 Å². The van der Waals surface area contributed by atoms with Crippen molar-refractivity contribution in [1.82, 2.24) is 15.1 Å². The lowest BCUT2D eigenvalue weighted by atomic mass is 10.1. The summed E-state index contributed by atoms with van der Waals surface area (Å²) in [5.41, 5.74) is 0. The third-order valence-electron chi connectivity index (χ3n) is 3.92. The Morgan fingerprint density at radius 2 is 2.18 bits per heavy atom. The van der Waals surface area contributed by atoms with Crippen LogP contribution in [0.25, 0.3) is 0 Å². The molecule has 0 spiro atoms. The molecule has 4 heteroatoms. The number of carbonyl (C=O) groups excluding carboxylic acids is 1. The van der Waals surface area contributed by atoms with E-state index in [1.165, 1.54) is 25.7 Å². The summed E-state index contributed by atoms with van der Waals surface area (Å²) in [6, 6.07) is 1.12. The van der Waals surface area contributed by atoms with Crippen LogP contribution in [-0.4, -0.2) is 61.0 Å². The molecule has 2 fully saturated rings. The number of carbonyl (C=O) groups is 1. The van der Waals surface area contributed by atoms with Crippen molar-refractivity contribution in [3.63, 3.8) is 0 Å². The first kappa shape index (κ1) is 12.8. The minimum absolute atomic E-state index is 0.326. The van der Waals surface area contributed by atoms with Crippen LogP contribution >= 0.6 is 0 Å². The molecule has 1 aliphatic carbocycles. The lowest BCUT2D eigenvalue weighted by Gasteiger charge is -2.33. The Labute approximate surface area is 104 Å². The molecular weight excluding hydrogens is 214 g/mol. The Morgan fingerprint density at radius 1 is 1.41 bits per heavy atom. The Bertz CT molecular complexity index is 265. The van der Waals surface area contributed by atoms with E-state index in [0.717, 1.165) is 19.6 Å². The van der Waals surface area contributed by atoms with Gasteiger partial charge >= 0.3 is 0 Å². The van der Waals surface area contributed by atoms with Crippen LogP contribution in [0.1, 0.15) is 32.6 Å². The van der Waals surface area contributed by atoms with Gasteiger partial charge in [-0.15, -0.1) is 0 Å². The third-order valence-corrected chi connectivity index (χ3v) is 3.92. The van der Waals surface area contributed by atoms with E-state index < -0.39 is 0 Å². The molecule has 1 aliphatic heterocycles. The van der Waals surface area contributed by atoms with Gasteiger partial charge in [0.25, 0.3) is 0 Å². The first-order valence-electron chi connectivity index (χ1n) is 6.93. The maximum atomic E-state index is 12.2. The molecule has 1 heterocycles. The molecule has 1 saturated carbocycles. The molecule has 1 saturated heterocycles. The molecule has 17 heavy (non-hydrogen) atoms. The van der Waals surface area contributed by atoms with Crippen LogP contribution in [0, 0.1) is 0 Å². The fraction of sp³-hybridized carbons (Fsp3) is 0.923. The molecule has 0 radical (unpaired) electrons. The summed E-state index contributed by atoms with van der Waals surface area (Å²) >= 11 is 0. The fourth-order valence-corrected chi connectivity index (χ4v) is 2.74. The van der Waals surface area contributed by atoms with Crippen molar-refractivity contribution in [2.75, 3.05) is 33.2 Å². The zero-order valence-corrected chi connectivity index (χ0v) is 11.1. The van der Waals surface area contributed by atoms with Crippen molar-refractivity contribution in [2.45, 2.75) is 44.7 Å². The van der Waals surface area contributed by atoms with Gasteiger partial charge in [0.15, 0.2) is 0 Å². The van der Waals surface area contributed by atoms with Crippen LogP contribution in [0.3, 0.4) is 0 Å². The second-order valence-corrected chi connectivity index (χ2v) is 5.27. The first-order chi connectivity index (χ1) is 8.24. The standard InChI is InChI=1S/C13H25N3O/c1-3-16(12-6-7-12)13(17)10-15-8-4-5-11(9-15)14-2/h11-12,14H,3-10H2,1-2H3. The fourth-order valence-electron chi connectivity index (χ4n) is 2.74. The van der Waals surface area contributed by atoms with Gasteiger partial charge in [0, 0.05) is 25.2 Å². The van der Waals surface area contributed by atoms with Crippen molar-refractivity contribution in [2.24, 2.45) is 0 Å². The van der Waals surface area contributed by atoms with Crippen LogP contribution in [0.15, 0.2) is 0 Å². The van der Waals surface area contributed by atoms with Crippen molar-refractivity contribution in [3.8, 4) is 0 Å². The summed E-state index contributed by atoms with van der Waals surface area (Å²) in [5.74, 6) is 0.326. The summed E-state index contributed by atoms with van der Waals surface area (Å²) in [5, 5.41) is 3.32. The third kappa shape index (κ3) is 3.42. The van der Waals surface area contributed by atoms with E-state index in [9.17, 15) is 4.79 Å². The molecule has 1 atom stereocenters. The molecule has 0 bridgehead atoms. The molecule has 0 aromatic rings. The lowest BCUT2D eigenvalue weighted by molar-refractivity contribution is -0.133. The Kier molecular flexibility index (Phi) is 4.40. The van der Waals surface area contributed by atoms with Crippen LogP contribution < -0.4 is 5.32 Å². The van der Waals surface area contributed by atoms with E-state index in [0.29, 0.717) is 24.5 Å². The zero-order chi connectivity index (χ0) is 12.3. The minimum Gasteiger partial charge on any atom is -0.339 e. The summed E-state index contributed by atoms with van der Waals surface area (Å²) in [6.07, 6.45) is 4.85. The molecule has 1 N–H and O–H groups in total. The molecule has 98 valence electrons. The van der Waals surface area contributed by atoms with Crippen LogP contribution in [0.4, 0.5) is 0 Å². The van der Waals surface area contributed by atoms with Gasteiger partial charge in [-0.3, -0.25) is 9.69 Å². The van der Waals surface area contributed by atoms with Gasteiger partial charge in [0.05, 0.1) is 6.54 Å². The molecule has 1 unspecified atom stereocenters. The molecule has 1 amide bonds. The van der Waals surface area contributed by atoms with Gasteiger partial charge in [-0.1, -0.05) is 0 Å². The van der Waals surface area contributed by atoms with E-state index in [1.807, 2.05) is 7.05 Å². The number of hydrogen-bond acceptors (Lipinski definition) is 3. The molecule has 0 aromatic heterocycles. The number of likely N-dealkylation sites (tertiary alicyclic amines) is 1. The van der Waals surface area contributed by atoms with Crippen LogP contribution in [0.2, 0.25) is 0 Å². The highest BCUT2D eigenvalue weighted by atomic mass is 16.2. The number of nitrogens with one attached hydrogen (secondary N) is 1. The summed E-state index contributed by atoms with van der Waals surface area (Å²) in [6.45, 7) is 5.66. The number of rotatable bonds is 5. The van der Waals surface area contributed by atoms with Crippen molar-refractivity contribution >= 4 is 5.91 Å². The van der Waals surface area contributed by atoms with Gasteiger partial charge < -0.3 is 10.2 Å². The second kappa shape index (κ2) is 5.83. The van der Waals surface area contributed by atoms with E-state index in [4.69, 9.17) is 0 Å². The molecule has 0 aromatic carbocycles. The number of nitrogens with zero attached hydrogens (tertiary/aromatic N) is 2. The number of likely N-dealkylation sites (N-methyl/N-ethyl adjacent to an activating group) is 2. The maximum absolute atomic E-state index is 12.2. The second-order valence-electron chi connectivity index (χ2n) is 5.27. The summed E-state index contributed by atoms with van der Waals surface area (Å²) in [4.78, 5) is 16.5. The smallest absolute Gasteiger partial charge is 0.236 e. The zero-order valence-electron chi connectivity index (χ0n) is 11.1. The maximum Gasteiger partial charge on any atom is 0.236 e. The highest BCUT2D eigenvalue weighted by Crippen LogP contribution is 2.26. The van der Waals surface area contributed by atoms with Gasteiger partial charge in [0.2, 0.25) is 5.91 Å². The number of hydrogen-bond donors (Lipinski definition) is 1. The molecule has 2 aliphatic rings. The summed E-state index contributed by atoms with van der Waals surface area (Å²) < 4.78 is 0. The molecular formula is C13H25N3O. The quantitative estimate of drug-likeness (QED) is 0.766. The topological polar surface area (TPSA) is 35.6 Å². The van der Waals surface area contributed by atoms with Gasteiger partial charge in [0.1, 0.15) is 0 Å².